The molecule has 36 heavy (non-hydrogen) atoms. The average Bonchev–Trinajstić information content (AvgIpc) is 3.45. The molecular weight excluding hydrogens is 460 g/mol. The number of fused-ring (bicyclic) bond motifs is 2. The number of likely N-dealkylation sites (tertiary alicyclic amines) is 2. The lowest BCUT2D eigenvalue weighted by molar-refractivity contribution is -0.205. The molecule has 2 aromatic heterocycles. The Morgan fingerprint density at radius 2 is 1.33 bits per heavy atom. The van der Waals surface area contributed by atoms with Crippen molar-refractivity contribution in [3.8, 4) is 0 Å². The minimum absolute atomic E-state index is 0.155. The van der Waals surface area contributed by atoms with Crippen LogP contribution in [-0.2, 0) is 23.9 Å². The van der Waals surface area contributed by atoms with Crippen LogP contribution in [0.4, 0.5) is 0 Å². The number of piperidine rings is 2. The first kappa shape index (κ1) is 24.5. The van der Waals surface area contributed by atoms with Crippen LogP contribution in [0.3, 0.4) is 0 Å². The van der Waals surface area contributed by atoms with Crippen molar-refractivity contribution in [3.63, 3.8) is 0 Å². The van der Waals surface area contributed by atoms with Gasteiger partial charge in [0, 0.05) is 31.5 Å². The second kappa shape index (κ2) is 9.37. The highest BCUT2D eigenvalue weighted by molar-refractivity contribution is 6.17. The number of Topliss-reactive ketones (excluding diaryl/α,β-unsaturated/α-hetero) is 1. The Hall–Kier alpha value is -3.17. The molecule has 0 radical (unpaired) electrons. The average molecular weight is 493 g/mol. The summed E-state index contributed by atoms with van der Waals surface area (Å²) in [6, 6.07) is 9.49. The van der Waals surface area contributed by atoms with E-state index in [1.54, 1.807) is 24.5 Å². The van der Waals surface area contributed by atoms with Crippen molar-refractivity contribution in [2.24, 2.45) is 10.8 Å². The number of hydrogen-bond donors (Lipinski definition) is 0. The molecule has 2 saturated heterocycles. The Kier molecular flexibility index (Phi) is 6.38. The van der Waals surface area contributed by atoms with Gasteiger partial charge in [-0.15, -0.1) is 0 Å². The van der Waals surface area contributed by atoms with E-state index in [0.717, 1.165) is 25.7 Å². The van der Waals surface area contributed by atoms with Gasteiger partial charge in [-0.1, -0.05) is 25.0 Å². The van der Waals surface area contributed by atoms with Gasteiger partial charge in [0.05, 0.1) is 37.7 Å². The molecule has 9 heteroatoms. The molecule has 4 heterocycles. The van der Waals surface area contributed by atoms with Crippen LogP contribution in [0.1, 0.15) is 49.2 Å². The highest BCUT2D eigenvalue weighted by Crippen LogP contribution is 2.60. The van der Waals surface area contributed by atoms with Gasteiger partial charge in [-0.3, -0.25) is 34.2 Å². The molecular formula is C27H32N4O5. The number of ether oxygens (including phenoxy) is 2. The number of rotatable bonds is 5. The minimum Gasteiger partial charge on any atom is -0.468 e. The molecule has 5 rings (SSSR count). The zero-order valence-electron chi connectivity index (χ0n) is 20.9. The van der Waals surface area contributed by atoms with Crippen LogP contribution in [0.2, 0.25) is 0 Å². The molecule has 0 N–H and O–H groups in total. The zero-order valence-corrected chi connectivity index (χ0v) is 20.9. The van der Waals surface area contributed by atoms with Gasteiger partial charge in [0.2, 0.25) is 0 Å². The van der Waals surface area contributed by atoms with Crippen molar-refractivity contribution < 1.29 is 23.9 Å². The summed E-state index contributed by atoms with van der Waals surface area (Å²) in [5, 5.41) is 0. The summed E-state index contributed by atoms with van der Waals surface area (Å²) in [5.41, 5.74) is -2.21. The summed E-state index contributed by atoms with van der Waals surface area (Å²) in [6.45, 7) is 0.310. The summed E-state index contributed by atoms with van der Waals surface area (Å²) in [7, 11) is 4.41. The topological polar surface area (TPSA) is 102 Å². The smallest absolute Gasteiger partial charge is 0.322 e. The summed E-state index contributed by atoms with van der Waals surface area (Å²) in [6.07, 6.45) is 7.32. The van der Waals surface area contributed by atoms with E-state index in [1.165, 1.54) is 14.2 Å². The van der Waals surface area contributed by atoms with Gasteiger partial charge >= 0.3 is 11.9 Å². The summed E-state index contributed by atoms with van der Waals surface area (Å²) in [4.78, 5) is 55.6. The highest BCUT2D eigenvalue weighted by Gasteiger charge is 2.75. The van der Waals surface area contributed by atoms with Crippen LogP contribution in [0.15, 0.2) is 48.8 Å². The molecule has 0 amide bonds. The normalized spacial score (nSPS) is 31.2. The van der Waals surface area contributed by atoms with Crippen molar-refractivity contribution in [1.29, 1.82) is 0 Å². The molecule has 9 nitrogen and oxygen atoms in total. The number of ketones is 1. The van der Waals surface area contributed by atoms with Gasteiger partial charge in [-0.25, -0.2) is 0 Å². The lowest BCUT2D eigenvalue weighted by Crippen LogP contribution is -2.76. The number of methoxy groups -OCH3 is 2. The maximum Gasteiger partial charge on any atom is 0.322 e. The van der Waals surface area contributed by atoms with Crippen LogP contribution in [0, 0.1) is 10.8 Å². The van der Waals surface area contributed by atoms with E-state index in [0.29, 0.717) is 11.4 Å². The maximum absolute atomic E-state index is 14.8. The Morgan fingerprint density at radius 1 is 0.861 bits per heavy atom. The van der Waals surface area contributed by atoms with Gasteiger partial charge in [-0.05, 0) is 44.2 Å². The molecule has 190 valence electrons. The van der Waals surface area contributed by atoms with Crippen LogP contribution in [-0.4, -0.2) is 77.9 Å². The Bertz CT molecular complexity index is 1060. The third-order valence-corrected chi connectivity index (χ3v) is 8.34. The van der Waals surface area contributed by atoms with E-state index >= 15 is 0 Å². The fourth-order valence-electron chi connectivity index (χ4n) is 6.93. The van der Waals surface area contributed by atoms with Gasteiger partial charge in [0.15, 0.2) is 16.6 Å². The first-order valence-corrected chi connectivity index (χ1v) is 12.4. The molecule has 4 atom stereocenters. The van der Waals surface area contributed by atoms with Crippen LogP contribution >= 0.6 is 0 Å². The Morgan fingerprint density at radius 3 is 1.72 bits per heavy atom. The summed E-state index contributed by atoms with van der Waals surface area (Å²) < 4.78 is 10.7. The lowest BCUT2D eigenvalue weighted by Gasteiger charge is -2.61. The van der Waals surface area contributed by atoms with E-state index in [2.05, 4.69) is 14.9 Å². The van der Waals surface area contributed by atoms with Gasteiger partial charge in [0.1, 0.15) is 0 Å². The van der Waals surface area contributed by atoms with Crippen molar-refractivity contribution in [1.82, 2.24) is 19.8 Å². The lowest BCUT2D eigenvalue weighted by atomic mass is 9.54. The van der Waals surface area contributed by atoms with E-state index in [1.807, 2.05) is 36.2 Å². The standard InChI is InChI=1S/C27H32N4O5/c1-30-21(19-12-6-8-14-28-19)26(24(33)35-2)16-31(18-10-4-5-11-18)17-27(23(26)32,25(34)36-3)22(30)20-13-7-9-15-29-20/h6-9,12-15,18,21-22H,4-5,10-11,16-17H2,1-3H3/t21?,22?,26-,27+. The summed E-state index contributed by atoms with van der Waals surface area (Å²) >= 11 is 0. The number of hydrogen-bond acceptors (Lipinski definition) is 9. The number of carbonyl (C=O) groups is 3. The molecule has 2 aliphatic heterocycles. The predicted octanol–water partition coefficient (Wildman–Crippen LogP) is 2.35. The third kappa shape index (κ3) is 3.40. The quantitative estimate of drug-likeness (QED) is 0.460. The van der Waals surface area contributed by atoms with Crippen LogP contribution < -0.4 is 0 Å². The first-order chi connectivity index (χ1) is 17.4. The van der Waals surface area contributed by atoms with Gasteiger partial charge in [-0.2, -0.15) is 0 Å². The van der Waals surface area contributed by atoms with E-state index < -0.39 is 40.6 Å². The number of esters is 2. The number of pyridine rings is 2. The van der Waals surface area contributed by atoms with Crippen molar-refractivity contribution in [3.05, 3.63) is 60.2 Å². The fourth-order valence-corrected chi connectivity index (χ4v) is 6.93. The highest BCUT2D eigenvalue weighted by atomic mass is 16.5. The van der Waals surface area contributed by atoms with Crippen molar-refractivity contribution in [2.45, 2.75) is 43.8 Å². The minimum atomic E-state index is -1.67. The molecule has 2 aromatic rings. The second-order valence-corrected chi connectivity index (χ2v) is 10.1. The third-order valence-electron chi connectivity index (χ3n) is 8.34. The number of carbonyl (C=O) groups excluding carboxylic acids is 3. The molecule has 1 aliphatic carbocycles. The van der Waals surface area contributed by atoms with Crippen molar-refractivity contribution >= 4 is 17.7 Å². The molecule has 0 aromatic carbocycles. The largest absolute Gasteiger partial charge is 0.468 e. The molecule has 2 unspecified atom stereocenters. The predicted molar refractivity (Wildman–Crippen MR) is 129 cm³/mol. The molecule has 3 aliphatic rings. The number of aromatic nitrogens is 2. The number of nitrogens with zero attached hydrogens (tertiary/aromatic N) is 4. The molecule has 3 fully saturated rings. The van der Waals surface area contributed by atoms with Gasteiger partial charge in [0.25, 0.3) is 0 Å². The van der Waals surface area contributed by atoms with E-state index in [9.17, 15) is 14.4 Å². The maximum atomic E-state index is 14.8. The first-order valence-electron chi connectivity index (χ1n) is 12.4. The molecule has 2 bridgehead atoms. The van der Waals surface area contributed by atoms with E-state index in [4.69, 9.17) is 9.47 Å². The van der Waals surface area contributed by atoms with Crippen LogP contribution in [0.25, 0.3) is 0 Å². The SMILES string of the molecule is COC(=O)[C@@]12CN(C3CCCC3)C[C@@](C(=O)OC)(C1=O)C(c1ccccn1)N(C)C2c1ccccn1. The fraction of sp³-hybridized carbons (Fsp3) is 0.519. The van der Waals surface area contributed by atoms with Crippen LogP contribution in [0.5, 0.6) is 0 Å². The molecule has 1 saturated carbocycles. The van der Waals surface area contributed by atoms with E-state index in [-0.39, 0.29) is 19.1 Å². The Balaban J connectivity index is 1.82. The van der Waals surface area contributed by atoms with Crippen molar-refractivity contribution in [2.75, 3.05) is 34.4 Å². The van der Waals surface area contributed by atoms with Gasteiger partial charge < -0.3 is 9.47 Å². The monoisotopic (exact) mass is 492 g/mol. The second-order valence-electron chi connectivity index (χ2n) is 10.1. The summed E-state index contributed by atoms with van der Waals surface area (Å²) in [5.74, 6) is -1.80. The molecule has 0 spiro atoms. The Labute approximate surface area is 210 Å². The zero-order chi connectivity index (χ0) is 25.5.